The zero-order chi connectivity index (χ0) is 13.6. The second kappa shape index (κ2) is 6.81. The van der Waals surface area contributed by atoms with Gasteiger partial charge in [-0.3, -0.25) is 0 Å². The summed E-state index contributed by atoms with van der Waals surface area (Å²) in [5, 5.41) is 3.14. The van der Waals surface area contributed by atoms with Crippen molar-refractivity contribution >= 4 is 0 Å². The standard InChI is InChI=1S/C14H25N3O/c1-6-12-11(9-15-5)10-16-13(17-12)14(4,7-2)18-8-3/h10,15H,6-9H2,1-5H3. The van der Waals surface area contributed by atoms with Gasteiger partial charge in [-0.05, 0) is 33.7 Å². The van der Waals surface area contributed by atoms with E-state index in [0.29, 0.717) is 6.61 Å². The third-order valence-corrected chi connectivity index (χ3v) is 3.27. The molecule has 1 unspecified atom stereocenters. The predicted molar refractivity (Wildman–Crippen MR) is 73.4 cm³/mol. The maximum Gasteiger partial charge on any atom is 0.160 e. The number of nitrogens with zero attached hydrogens (tertiary/aromatic N) is 2. The molecule has 0 amide bonds. The van der Waals surface area contributed by atoms with Gasteiger partial charge in [0.25, 0.3) is 0 Å². The summed E-state index contributed by atoms with van der Waals surface area (Å²) in [7, 11) is 1.93. The number of hydrogen-bond acceptors (Lipinski definition) is 4. The van der Waals surface area contributed by atoms with E-state index in [9.17, 15) is 0 Å². The Balaban J connectivity index is 3.10. The quantitative estimate of drug-likeness (QED) is 0.808. The highest BCUT2D eigenvalue weighted by molar-refractivity contribution is 5.19. The first-order valence-corrected chi connectivity index (χ1v) is 6.75. The lowest BCUT2D eigenvalue weighted by molar-refractivity contribution is -0.0392. The van der Waals surface area contributed by atoms with Crippen molar-refractivity contribution in [2.24, 2.45) is 0 Å². The van der Waals surface area contributed by atoms with E-state index in [2.05, 4.69) is 31.1 Å². The number of hydrogen-bond donors (Lipinski definition) is 1. The minimum Gasteiger partial charge on any atom is -0.368 e. The summed E-state index contributed by atoms with van der Waals surface area (Å²) in [6, 6.07) is 0. The highest BCUT2D eigenvalue weighted by atomic mass is 16.5. The molecule has 1 heterocycles. The van der Waals surface area contributed by atoms with Crippen LogP contribution in [0.3, 0.4) is 0 Å². The Morgan fingerprint density at radius 2 is 2.06 bits per heavy atom. The SMILES string of the molecule is CCOC(C)(CC)c1ncc(CNC)c(CC)n1. The summed E-state index contributed by atoms with van der Waals surface area (Å²) >= 11 is 0. The molecule has 102 valence electrons. The van der Waals surface area contributed by atoms with E-state index in [-0.39, 0.29) is 5.60 Å². The first kappa shape index (κ1) is 15.1. The summed E-state index contributed by atoms with van der Waals surface area (Å²) < 4.78 is 5.82. The van der Waals surface area contributed by atoms with Crippen molar-refractivity contribution in [3.8, 4) is 0 Å². The van der Waals surface area contributed by atoms with Crippen LogP contribution in [0.4, 0.5) is 0 Å². The predicted octanol–water partition coefficient (Wildman–Crippen LogP) is 2.42. The van der Waals surface area contributed by atoms with Crippen molar-refractivity contribution in [2.75, 3.05) is 13.7 Å². The molecule has 0 bridgehead atoms. The van der Waals surface area contributed by atoms with Crippen LogP contribution in [-0.4, -0.2) is 23.6 Å². The van der Waals surface area contributed by atoms with Gasteiger partial charge in [0.05, 0.1) is 0 Å². The number of aromatic nitrogens is 2. The lowest BCUT2D eigenvalue weighted by Crippen LogP contribution is -2.28. The van der Waals surface area contributed by atoms with Gasteiger partial charge in [0.15, 0.2) is 5.82 Å². The minimum absolute atomic E-state index is 0.378. The second-order valence-electron chi connectivity index (χ2n) is 4.57. The van der Waals surface area contributed by atoms with Crippen molar-refractivity contribution in [2.45, 2.75) is 52.7 Å². The molecule has 4 heteroatoms. The van der Waals surface area contributed by atoms with Crippen LogP contribution in [0.5, 0.6) is 0 Å². The Kier molecular flexibility index (Phi) is 5.69. The van der Waals surface area contributed by atoms with Gasteiger partial charge in [-0.15, -0.1) is 0 Å². The third kappa shape index (κ3) is 3.27. The van der Waals surface area contributed by atoms with Crippen molar-refractivity contribution in [3.05, 3.63) is 23.3 Å². The Labute approximate surface area is 110 Å². The monoisotopic (exact) mass is 251 g/mol. The molecule has 0 saturated carbocycles. The van der Waals surface area contributed by atoms with Gasteiger partial charge in [-0.2, -0.15) is 0 Å². The molecule has 0 radical (unpaired) electrons. The summed E-state index contributed by atoms with van der Waals surface area (Å²) in [5.41, 5.74) is 1.89. The van der Waals surface area contributed by atoms with Gasteiger partial charge in [0.1, 0.15) is 5.60 Å². The summed E-state index contributed by atoms with van der Waals surface area (Å²) in [4.78, 5) is 9.19. The number of ether oxygens (including phenoxy) is 1. The van der Waals surface area contributed by atoms with Crippen LogP contribution in [0.1, 0.15) is 51.2 Å². The molecule has 0 aliphatic rings. The van der Waals surface area contributed by atoms with E-state index in [0.717, 1.165) is 30.9 Å². The largest absolute Gasteiger partial charge is 0.368 e. The topological polar surface area (TPSA) is 47.0 Å². The fourth-order valence-electron chi connectivity index (χ4n) is 1.98. The van der Waals surface area contributed by atoms with Crippen LogP contribution in [0.25, 0.3) is 0 Å². The first-order valence-electron chi connectivity index (χ1n) is 6.75. The van der Waals surface area contributed by atoms with Crippen LogP contribution in [-0.2, 0) is 23.3 Å². The molecule has 1 rings (SSSR count). The molecule has 0 aliphatic carbocycles. The molecule has 1 aromatic rings. The molecule has 1 N–H and O–H groups in total. The van der Waals surface area contributed by atoms with E-state index in [1.165, 1.54) is 5.56 Å². The van der Waals surface area contributed by atoms with Gasteiger partial charge in [-0.1, -0.05) is 13.8 Å². The van der Waals surface area contributed by atoms with Gasteiger partial charge >= 0.3 is 0 Å². The summed E-state index contributed by atoms with van der Waals surface area (Å²) in [5.74, 6) is 0.795. The maximum atomic E-state index is 5.82. The number of rotatable bonds is 7. The Hall–Kier alpha value is -1.00. The first-order chi connectivity index (χ1) is 8.61. The zero-order valence-electron chi connectivity index (χ0n) is 12.2. The van der Waals surface area contributed by atoms with Gasteiger partial charge in [0, 0.05) is 30.6 Å². The average molecular weight is 251 g/mol. The molecule has 1 atom stereocenters. The molecule has 18 heavy (non-hydrogen) atoms. The third-order valence-electron chi connectivity index (χ3n) is 3.27. The van der Waals surface area contributed by atoms with Crippen LogP contribution in [0.2, 0.25) is 0 Å². The zero-order valence-corrected chi connectivity index (χ0v) is 12.2. The normalized spacial score (nSPS) is 14.5. The Morgan fingerprint density at radius 3 is 2.56 bits per heavy atom. The summed E-state index contributed by atoms with van der Waals surface area (Å²) in [6.45, 7) is 9.77. The van der Waals surface area contributed by atoms with Crippen LogP contribution >= 0.6 is 0 Å². The molecule has 1 aromatic heterocycles. The minimum atomic E-state index is -0.378. The van der Waals surface area contributed by atoms with E-state index >= 15 is 0 Å². The molecule has 0 spiro atoms. The van der Waals surface area contributed by atoms with E-state index in [1.54, 1.807) is 0 Å². The van der Waals surface area contributed by atoms with Gasteiger partial charge in [-0.25, -0.2) is 9.97 Å². The van der Waals surface area contributed by atoms with Crippen molar-refractivity contribution in [3.63, 3.8) is 0 Å². The molecular weight excluding hydrogens is 226 g/mol. The lowest BCUT2D eigenvalue weighted by Gasteiger charge is -2.27. The molecule has 4 nitrogen and oxygen atoms in total. The van der Waals surface area contributed by atoms with E-state index < -0.39 is 0 Å². The molecule has 0 fully saturated rings. The highest BCUT2D eigenvalue weighted by Crippen LogP contribution is 2.26. The van der Waals surface area contributed by atoms with Crippen LogP contribution < -0.4 is 5.32 Å². The number of nitrogens with one attached hydrogen (secondary N) is 1. The maximum absolute atomic E-state index is 5.82. The van der Waals surface area contributed by atoms with Gasteiger partial charge < -0.3 is 10.1 Å². The van der Waals surface area contributed by atoms with Crippen molar-refractivity contribution in [1.29, 1.82) is 0 Å². The summed E-state index contributed by atoms with van der Waals surface area (Å²) in [6.07, 6.45) is 3.71. The Bertz CT molecular complexity index is 381. The average Bonchev–Trinajstić information content (AvgIpc) is 2.39. The molecule has 0 saturated heterocycles. The molecular formula is C14H25N3O. The number of aryl methyl sites for hydroxylation is 1. The van der Waals surface area contributed by atoms with E-state index in [4.69, 9.17) is 9.72 Å². The van der Waals surface area contributed by atoms with Crippen molar-refractivity contribution in [1.82, 2.24) is 15.3 Å². The fourth-order valence-corrected chi connectivity index (χ4v) is 1.98. The second-order valence-corrected chi connectivity index (χ2v) is 4.57. The van der Waals surface area contributed by atoms with E-state index in [1.807, 2.05) is 20.2 Å². The van der Waals surface area contributed by atoms with Crippen LogP contribution in [0, 0.1) is 0 Å². The smallest absolute Gasteiger partial charge is 0.160 e. The molecule has 0 aliphatic heterocycles. The highest BCUT2D eigenvalue weighted by Gasteiger charge is 2.28. The van der Waals surface area contributed by atoms with Crippen LogP contribution in [0.15, 0.2) is 6.20 Å². The lowest BCUT2D eigenvalue weighted by atomic mass is 10.0. The van der Waals surface area contributed by atoms with Gasteiger partial charge in [0.2, 0.25) is 0 Å². The Morgan fingerprint density at radius 1 is 1.33 bits per heavy atom. The van der Waals surface area contributed by atoms with Crippen molar-refractivity contribution < 1.29 is 4.74 Å². The fraction of sp³-hybridized carbons (Fsp3) is 0.714. The molecule has 0 aromatic carbocycles.